The topological polar surface area (TPSA) is 237 Å². The molecule has 0 rings (SSSR count). The van der Waals surface area contributed by atoms with E-state index >= 15 is 0 Å². The Bertz CT molecular complexity index is 1720. The lowest BCUT2D eigenvalue weighted by molar-refractivity contribution is -0.161. The van der Waals surface area contributed by atoms with Gasteiger partial charge in [0.2, 0.25) is 0 Å². The van der Waals surface area contributed by atoms with Crippen molar-refractivity contribution in [2.75, 3.05) is 39.6 Å². The second-order valence-corrected chi connectivity index (χ2v) is 28.5. The molecule has 0 saturated heterocycles. The van der Waals surface area contributed by atoms with Gasteiger partial charge < -0.3 is 33.8 Å². The molecule has 3 N–H and O–H groups in total. The largest absolute Gasteiger partial charge is 0.472 e. The lowest BCUT2D eigenvalue weighted by Gasteiger charge is -2.21. The van der Waals surface area contributed by atoms with Gasteiger partial charge in [0, 0.05) is 25.7 Å². The summed E-state index contributed by atoms with van der Waals surface area (Å²) in [5.74, 6) is -2.12. The second kappa shape index (κ2) is 65.7. The quantitative estimate of drug-likeness (QED) is 0.0222. The van der Waals surface area contributed by atoms with Gasteiger partial charge in [0.05, 0.1) is 26.4 Å². The Hall–Kier alpha value is -1.94. The average molecular weight is 1330 g/mol. The second-order valence-electron chi connectivity index (χ2n) is 25.6. The van der Waals surface area contributed by atoms with Crippen LogP contribution in [0.1, 0.15) is 374 Å². The summed E-state index contributed by atoms with van der Waals surface area (Å²) < 4.78 is 68.2. The van der Waals surface area contributed by atoms with Gasteiger partial charge in [-0.15, -0.1) is 0 Å². The summed E-state index contributed by atoms with van der Waals surface area (Å²) >= 11 is 0. The Kier molecular flexibility index (Phi) is 64.3. The summed E-state index contributed by atoms with van der Waals surface area (Å²) in [6, 6.07) is 0. The highest BCUT2D eigenvalue weighted by atomic mass is 31.2. The molecule has 2 unspecified atom stereocenters. The van der Waals surface area contributed by atoms with Crippen LogP contribution in [0.25, 0.3) is 0 Å². The number of carbonyl (C=O) groups excluding carboxylic acids is 4. The van der Waals surface area contributed by atoms with E-state index < -0.39 is 97.5 Å². The molecule has 0 aliphatic carbocycles. The van der Waals surface area contributed by atoms with Crippen LogP contribution in [0.3, 0.4) is 0 Å². The minimum atomic E-state index is -4.95. The van der Waals surface area contributed by atoms with E-state index in [1.54, 1.807) is 0 Å². The molecule has 0 saturated carbocycles. The van der Waals surface area contributed by atoms with E-state index in [-0.39, 0.29) is 25.7 Å². The molecule has 0 bridgehead atoms. The predicted octanol–water partition coefficient (Wildman–Crippen LogP) is 20.7. The normalized spacial score (nSPS) is 14.0. The van der Waals surface area contributed by atoms with Gasteiger partial charge in [-0.3, -0.25) is 37.3 Å². The Morgan fingerprint density at radius 1 is 0.267 bits per heavy atom. The van der Waals surface area contributed by atoms with Crippen molar-refractivity contribution in [3.8, 4) is 0 Å². The van der Waals surface area contributed by atoms with Crippen molar-refractivity contribution in [3.05, 3.63) is 0 Å². The number of hydrogen-bond acceptors (Lipinski definition) is 15. The maximum atomic E-state index is 13.0. The molecule has 5 atom stereocenters. The lowest BCUT2D eigenvalue weighted by Crippen LogP contribution is -2.30. The highest BCUT2D eigenvalue weighted by Gasteiger charge is 2.30. The zero-order valence-corrected chi connectivity index (χ0v) is 59.9. The van der Waals surface area contributed by atoms with Crippen molar-refractivity contribution in [3.63, 3.8) is 0 Å². The third kappa shape index (κ3) is 64.8. The number of ether oxygens (including phenoxy) is 4. The van der Waals surface area contributed by atoms with Gasteiger partial charge in [0.1, 0.15) is 19.3 Å². The Labute approximate surface area is 549 Å². The number of unbranched alkanes of at least 4 members (excludes halogenated alkanes) is 46. The summed E-state index contributed by atoms with van der Waals surface area (Å²) in [6.45, 7) is 4.93. The Balaban J connectivity index is 5.20. The SMILES string of the molecule is CCCCCCCCCCCCCCCCCCC(=O)OC[C@H](COP(=O)(O)OC[C@@H](O)COP(=O)(O)OC[C@@H](COC(=O)CCCCCCCCCCC)OC(=O)CCCCCCCCCCC)OC(=O)CCCCCCCCCCCCCCCCCC. The van der Waals surface area contributed by atoms with E-state index in [9.17, 15) is 43.2 Å². The van der Waals surface area contributed by atoms with Crippen LogP contribution in [-0.4, -0.2) is 96.7 Å². The smallest absolute Gasteiger partial charge is 0.462 e. The van der Waals surface area contributed by atoms with Gasteiger partial charge in [0.25, 0.3) is 0 Å². The fraction of sp³-hybridized carbons (Fsp3) is 0.944. The van der Waals surface area contributed by atoms with Crippen LogP contribution in [0, 0.1) is 0 Å². The molecule has 17 nitrogen and oxygen atoms in total. The van der Waals surface area contributed by atoms with Crippen LogP contribution in [0.15, 0.2) is 0 Å². The van der Waals surface area contributed by atoms with E-state index in [2.05, 4.69) is 27.7 Å². The first-order valence-corrected chi connectivity index (χ1v) is 40.3. The molecule has 0 aromatic heterocycles. The van der Waals surface area contributed by atoms with Crippen molar-refractivity contribution in [1.82, 2.24) is 0 Å². The molecule has 0 heterocycles. The number of esters is 4. The zero-order chi connectivity index (χ0) is 66.1. The molecule has 90 heavy (non-hydrogen) atoms. The van der Waals surface area contributed by atoms with Gasteiger partial charge in [-0.25, -0.2) is 9.13 Å². The highest BCUT2D eigenvalue weighted by molar-refractivity contribution is 7.47. The first-order chi connectivity index (χ1) is 43.7. The fourth-order valence-corrected chi connectivity index (χ4v) is 12.4. The maximum Gasteiger partial charge on any atom is 0.472 e. The first kappa shape index (κ1) is 88.1. The third-order valence-electron chi connectivity index (χ3n) is 16.6. The molecule has 0 aromatic carbocycles. The summed E-state index contributed by atoms with van der Waals surface area (Å²) in [5, 5.41) is 10.6. The van der Waals surface area contributed by atoms with E-state index in [1.165, 1.54) is 205 Å². The number of rotatable bonds is 72. The molecular formula is C71H138O17P2. The monoisotopic (exact) mass is 1320 g/mol. The number of phosphoric ester groups is 2. The number of phosphoric acid groups is 2. The van der Waals surface area contributed by atoms with Crippen molar-refractivity contribution in [2.45, 2.75) is 393 Å². The van der Waals surface area contributed by atoms with Crippen LogP contribution >= 0.6 is 15.6 Å². The van der Waals surface area contributed by atoms with Crippen molar-refractivity contribution in [2.24, 2.45) is 0 Å². The molecule has 0 fully saturated rings. The van der Waals surface area contributed by atoms with E-state index in [0.29, 0.717) is 25.7 Å². The van der Waals surface area contributed by atoms with Crippen LogP contribution < -0.4 is 0 Å². The van der Waals surface area contributed by atoms with Crippen LogP contribution in [0.2, 0.25) is 0 Å². The van der Waals surface area contributed by atoms with E-state index in [1.807, 2.05) is 0 Å². The summed E-state index contributed by atoms with van der Waals surface area (Å²) in [6.07, 6.45) is 54.1. The van der Waals surface area contributed by atoms with Gasteiger partial charge in [-0.2, -0.15) is 0 Å². The average Bonchev–Trinajstić information content (AvgIpc) is 3.45. The fourth-order valence-electron chi connectivity index (χ4n) is 10.9. The summed E-state index contributed by atoms with van der Waals surface area (Å²) in [4.78, 5) is 72.5. The molecule has 0 aliphatic rings. The maximum absolute atomic E-state index is 13.0. The zero-order valence-electron chi connectivity index (χ0n) is 58.1. The predicted molar refractivity (Wildman–Crippen MR) is 363 cm³/mol. The van der Waals surface area contributed by atoms with Crippen molar-refractivity contribution in [1.29, 1.82) is 0 Å². The van der Waals surface area contributed by atoms with Crippen molar-refractivity contribution >= 4 is 39.5 Å². The van der Waals surface area contributed by atoms with Crippen molar-refractivity contribution < 1.29 is 80.2 Å². The third-order valence-corrected chi connectivity index (χ3v) is 18.5. The molecule has 0 amide bonds. The number of aliphatic hydroxyl groups is 1. The molecule has 0 aromatic rings. The highest BCUT2D eigenvalue weighted by Crippen LogP contribution is 2.45. The molecule has 0 aliphatic heterocycles. The van der Waals surface area contributed by atoms with Gasteiger partial charge in [-0.1, -0.05) is 323 Å². The molecule has 534 valence electrons. The standard InChI is InChI=1S/C71H138O17P2/c1-5-9-13-17-21-25-27-29-31-33-35-37-41-44-48-52-56-69(74)82-62-67(88-71(76)58-54-50-46-42-38-36-34-32-30-28-26-22-18-14-10-6-2)64-86-90(79,80)84-60-65(72)59-83-89(77,78)85-63-66(87-70(75)57-53-49-45-40-24-20-16-12-8-4)61-81-68(73)55-51-47-43-39-23-19-15-11-7-3/h65-67,72H,5-64H2,1-4H3,(H,77,78)(H,79,80)/t65-,66+,67+/m0/s1. The Morgan fingerprint density at radius 2 is 0.444 bits per heavy atom. The number of hydrogen-bond donors (Lipinski definition) is 3. The number of aliphatic hydroxyl groups excluding tert-OH is 1. The van der Waals surface area contributed by atoms with Gasteiger partial charge in [0.15, 0.2) is 12.2 Å². The van der Waals surface area contributed by atoms with E-state index in [0.717, 1.165) is 89.9 Å². The van der Waals surface area contributed by atoms with E-state index in [4.69, 9.17) is 37.0 Å². The molecule has 0 spiro atoms. The number of carbonyl (C=O) groups is 4. The minimum Gasteiger partial charge on any atom is -0.462 e. The van der Waals surface area contributed by atoms with Crippen LogP contribution in [0.5, 0.6) is 0 Å². The Morgan fingerprint density at radius 3 is 0.656 bits per heavy atom. The lowest BCUT2D eigenvalue weighted by atomic mass is 10.0. The summed E-state index contributed by atoms with van der Waals surface area (Å²) in [7, 11) is -9.89. The van der Waals surface area contributed by atoms with Gasteiger partial charge in [-0.05, 0) is 25.7 Å². The van der Waals surface area contributed by atoms with Crippen LogP contribution in [-0.2, 0) is 65.4 Å². The minimum absolute atomic E-state index is 0.106. The molecular weight excluding hydrogens is 1190 g/mol. The van der Waals surface area contributed by atoms with Crippen LogP contribution in [0.4, 0.5) is 0 Å². The molecule has 0 radical (unpaired) electrons. The summed E-state index contributed by atoms with van der Waals surface area (Å²) in [5.41, 5.74) is 0. The molecule has 19 heteroatoms. The first-order valence-electron chi connectivity index (χ1n) is 37.3. The van der Waals surface area contributed by atoms with Gasteiger partial charge >= 0.3 is 39.5 Å².